The highest BCUT2D eigenvalue weighted by molar-refractivity contribution is 9.10. The summed E-state index contributed by atoms with van der Waals surface area (Å²) in [7, 11) is 0. The van der Waals surface area contributed by atoms with E-state index in [2.05, 4.69) is 15.9 Å². The van der Waals surface area contributed by atoms with Gasteiger partial charge in [0.05, 0.1) is 5.92 Å². The summed E-state index contributed by atoms with van der Waals surface area (Å²) in [6, 6.07) is 12.4. The van der Waals surface area contributed by atoms with Gasteiger partial charge in [-0.3, -0.25) is 4.79 Å². The quantitative estimate of drug-likeness (QED) is 0.811. The first kappa shape index (κ1) is 14.3. The largest absolute Gasteiger partial charge is 0.312 e. The Labute approximate surface area is 131 Å². The summed E-state index contributed by atoms with van der Waals surface area (Å²) in [5, 5.41) is 0. The van der Waals surface area contributed by atoms with E-state index in [9.17, 15) is 9.18 Å². The molecule has 2 nitrogen and oxygen atoms in total. The second-order valence-electron chi connectivity index (χ2n) is 5.17. The van der Waals surface area contributed by atoms with Crippen LogP contribution in [0.1, 0.15) is 24.0 Å². The summed E-state index contributed by atoms with van der Waals surface area (Å²) in [5.41, 5.74) is 2.82. The molecule has 108 valence electrons. The van der Waals surface area contributed by atoms with Gasteiger partial charge in [-0.15, -0.1) is 0 Å². The summed E-state index contributed by atoms with van der Waals surface area (Å²) in [4.78, 5) is 14.4. The molecule has 0 N–H and O–H groups in total. The molecule has 0 aromatic heterocycles. The maximum absolute atomic E-state index is 13.3. The molecule has 1 heterocycles. The van der Waals surface area contributed by atoms with Crippen LogP contribution in [0.3, 0.4) is 0 Å². The molecule has 0 saturated heterocycles. The number of amides is 1. The summed E-state index contributed by atoms with van der Waals surface area (Å²) >= 11 is 3.46. The molecule has 1 atom stereocenters. The van der Waals surface area contributed by atoms with Gasteiger partial charge in [0.1, 0.15) is 5.82 Å². The van der Waals surface area contributed by atoms with E-state index in [1.165, 1.54) is 12.1 Å². The SMILES string of the molecule is CCN1C(=O)[C@H](Cc2cccc(F)c2)c2cc(Br)ccc21. The third-order valence-corrected chi connectivity index (χ3v) is 4.36. The molecule has 2 aromatic carbocycles. The smallest absolute Gasteiger partial charge is 0.234 e. The lowest BCUT2D eigenvalue weighted by Gasteiger charge is -2.15. The Bertz CT molecular complexity index is 701. The minimum atomic E-state index is -0.264. The fourth-order valence-corrected chi connectivity index (χ4v) is 3.29. The molecule has 1 amide bonds. The third kappa shape index (κ3) is 2.60. The zero-order chi connectivity index (χ0) is 15.0. The maximum Gasteiger partial charge on any atom is 0.234 e. The van der Waals surface area contributed by atoms with Crippen molar-refractivity contribution in [2.24, 2.45) is 0 Å². The lowest BCUT2D eigenvalue weighted by atomic mass is 9.93. The van der Waals surface area contributed by atoms with Gasteiger partial charge in [-0.2, -0.15) is 0 Å². The normalized spacial score (nSPS) is 17.2. The van der Waals surface area contributed by atoms with E-state index in [0.717, 1.165) is 21.3 Å². The zero-order valence-electron chi connectivity index (χ0n) is 11.6. The van der Waals surface area contributed by atoms with Gasteiger partial charge < -0.3 is 4.90 Å². The molecular formula is C17H15BrFNO. The van der Waals surface area contributed by atoms with E-state index in [1.54, 1.807) is 11.0 Å². The fraction of sp³-hybridized carbons (Fsp3) is 0.235. The van der Waals surface area contributed by atoms with Gasteiger partial charge in [0, 0.05) is 16.7 Å². The third-order valence-electron chi connectivity index (χ3n) is 3.86. The number of carbonyl (C=O) groups excluding carboxylic acids is 1. The Hall–Kier alpha value is -1.68. The van der Waals surface area contributed by atoms with Crippen molar-refractivity contribution < 1.29 is 9.18 Å². The minimum Gasteiger partial charge on any atom is -0.312 e. The molecule has 2 aromatic rings. The lowest BCUT2D eigenvalue weighted by Crippen LogP contribution is -2.29. The predicted octanol–water partition coefficient (Wildman–Crippen LogP) is 4.28. The average molecular weight is 348 g/mol. The van der Waals surface area contributed by atoms with Crippen LogP contribution in [0, 0.1) is 5.82 Å². The minimum absolute atomic E-state index is 0.0925. The van der Waals surface area contributed by atoms with Crippen LogP contribution in [-0.2, 0) is 11.2 Å². The van der Waals surface area contributed by atoms with Crippen molar-refractivity contribution in [2.45, 2.75) is 19.3 Å². The molecule has 4 heteroatoms. The van der Waals surface area contributed by atoms with E-state index >= 15 is 0 Å². The molecular weight excluding hydrogens is 333 g/mol. The number of halogens is 2. The van der Waals surface area contributed by atoms with Crippen molar-refractivity contribution in [1.29, 1.82) is 0 Å². The number of rotatable bonds is 3. The highest BCUT2D eigenvalue weighted by atomic mass is 79.9. The number of hydrogen-bond donors (Lipinski definition) is 0. The number of hydrogen-bond acceptors (Lipinski definition) is 1. The number of nitrogens with zero attached hydrogens (tertiary/aromatic N) is 1. The van der Waals surface area contributed by atoms with Gasteiger partial charge in [0.15, 0.2) is 0 Å². The Morgan fingerprint density at radius 3 is 2.76 bits per heavy atom. The molecule has 0 spiro atoms. The van der Waals surface area contributed by atoms with Crippen LogP contribution in [0.25, 0.3) is 0 Å². The van der Waals surface area contributed by atoms with Gasteiger partial charge in [-0.25, -0.2) is 4.39 Å². The summed E-state index contributed by atoms with van der Waals surface area (Å²) < 4.78 is 14.3. The van der Waals surface area contributed by atoms with E-state index in [0.29, 0.717) is 13.0 Å². The van der Waals surface area contributed by atoms with Crippen molar-refractivity contribution in [2.75, 3.05) is 11.4 Å². The van der Waals surface area contributed by atoms with E-state index in [4.69, 9.17) is 0 Å². The standard InChI is InChI=1S/C17H15BrFNO/c1-2-20-16-7-6-12(18)10-14(16)15(17(20)21)9-11-4-3-5-13(19)8-11/h3-8,10,15H,2,9H2,1H3/t15-/m1/s1. The molecule has 21 heavy (non-hydrogen) atoms. The topological polar surface area (TPSA) is 20.3 Å². The van der Waals surface area contributed by atoms with Crippen LogP contribution in [0.5, 0.6) is 0 Å². The van der Waals surface area contributed by atoms with Crippen LogP contribution in [-0.4, -0.2) is 12.5 Å². The van der Waals surface area contributed by atoms with Crippen LogP contribution < -0.4 is 4.90 Å². The Morgan fingerprint density at radius 2 is 2.05 bits per heavy atom. The highest BCUT2D eigenvalue weighted by Crippen LogP contribution is 2.40. The predicted molar refractivity (Wildman–Crippen MR) is 85.0 cm³/mol. The van der Waals surface area contributed by atoms with Crippen molar-refractivity contribution in [3.8, 4) is 0 Å². The number of anilines is 1. The maximum atomic E-state index is 13.3. The molecule has 0 saturated carbocycles. The van der Waals surface area contributed by atoms with Crippen LogP contribution in [0.2, 0.25) is 0 Å². The second kappa shape index (κ2) is 5.60. The molecule has 1 aliphatic rings. The summed E-state index contributed by atoms with van der Waals surface area (Å²) in [6.45, 7) is 2.61. The number of carbonyl (C=O) groups is 1. The Morgan fingerprint density at radius 1 is 1.24 bits per heavy atom. The number of fused-ring (bicyclic) bond motifs is 1. The first-order valence-electron chi connectivity index (χ1n) is 6.95. The monoisotopic (exact) mass is 347 g/mol. The van der Waals surface area contributed by atoms with Gasteiger partial charge in [0.2, 0.25) is 5.91 Å². The Kier molecular flexibility index (Phi) is 3.81. The van der Waals surface area contributed by atoms with E-state index in [1.807, 2.05) is 31.2 Å². The molecule has 0 radical (unpaired) electrons. The molecule has 3 rings (SSSR count). The van der Waals surface area contributed by atoms with Crippen LogP contribution >= 0.6 is 15.9 Å². The van der Waals surface area contributed by atoms with Crippen LogP contribution in [0.15, 0.2) is 46.9 Å². The highest BCUT2D eigenvalue weighted by Gasteiger charge is 2.36. The van der Waals surface area contributed by atoms with Gasteiger partial charge in [-0.05, 0) is 54.8 Å². The van der Waals surface area contributed by atoms with Crippen molar-refractivity contribution in [3.05, 3.63) is 63.9 Å². The molecule has 0 fully saturated rings. The fourth-order valence-electron chi connectivity index (χ4n) is 2.91. The Balaban J connectivity index is 1.99. The van der Waals surface area contributed by atoms with Crippen molar-refractivity contribution >= 4 is 27.5 Å². The molecule has 0 bridgehead atoms. The molecule has 0 aliphatic carbocycles. The molecule has 1 aliphatic heterocycles. The summed E-state index contributed by atoms with van der Waals surface area (Å²) in [6.07, 6.45) is 0.524. The average Bonchev–Trinajstić information content (AvgIpc) is 2.71. The first-order valence-corrected chi connectivity index (χ1v) is 7.74. The number of benzene rings is 2. The zero-order valence-corrected chi connectivity index (χ0v) is 13.2. The van der Waals surface area contributed by atoms with Gasteiger partial charge in [0.25, 0.3) is 0 Å². The van der Waals surface area contributed by atoms with Crippen molar-refractivity contribution in [3.63, 3.8) is 0 Å². The van der Waals surface area contributed by atoms with Gasteiger partial charge in [-0.1, -0.05) is 28.1 Å². The van der Waals surface area contributed by atoms with Gasteiger partial charge >= 0.3 is 0 Å². The van der Waals surface area contributed by atoms with E-state index in [-0.39, 0.29) is 17.6 Å². The van der Waals surface area contributed by atoms with E-state index < -0.39 is 0 Å². The summed E-state index contributed by atoms with van der Waals surface area (Å²) in [5.74, 6) is -0.408. The second-order valence-corrected chi connectivity index (χ2v) is 6.09. The molecule has 0 unspecified atom stereocenters. The number of likely N-dealkylation sites (N-methyl/N-ethyl adjacent to an activating group) is 1. The lowest BCUT2D eigenvalue weighted by molar-refractivity contribution is -0.119. The van der Waals surface area contributed by atoms with Crippen LogP contribution in [0.4, 0.5) is 10.1 Å². The first-order chi connectivity index (χ1) is 10.1. The van der Waals surface area contributed by atoms with Crippen molar-refractivity contribution in [1.82, 2.24) is 0 Å².